The first-order valence-electron chi connectivity index (χ1n) is 9.15. The van der Waals surface area contributed by atoms with Crippen LogP contribution in [0.15, 0.2) is 30.3 Å². The standard InChI is InChI=1S/C21H32NO.HI/c1-4-22(3,5-2)18-12-17-21(23,19-13-8-6-9-14-19)20-15-10-7-11-16-20;/h6,8-9,13-14,20,23H,4-5,7,10-11,15-16,18H2,1-3H3;1H/q+1;/p-1. The highest BCUT2D eigenvalue weighted by molar-refractivity contribution is 5.33. The molecule has 24 heavy (non-hydrogen) atoms. The number of quaternary nitrogens is 1. The van der Waals surface area contributed by atoms with Gasteiger partial charge in [0, 0.05) is 5.92 Å². The summed E-state index contributed by atoms with van der Waals surface area (Å²) in [7, 11) is 2.23. The van der Waals surface area contributed by atoms with E-state index in [0.29, 0.717) is 0 Å². The molecule has 3 heteroatoms. The van der Waals surface area contributed by atoms with Crippen molar-refractivity contribution in [3.05, 3.63) is 35.9 Å². The predicted molar refractivity (Wildman–Crippen MR) is 96.8 cm³/mol. The minimum Gasteiger partial charge on any atom is -1.00 e. The van der Waals surface area contributed by atoms with E-state index in [1.807, 2.05) is 30.3 Å². The van der Waals surface area contributed by atoms with Crippen molar-refractivity contribution in [2.75, 3.05) is 26.7 Å². The summed E-state index contributed by atoms with van der Waals surface area (Å²) < 4.78 is 0.933. The molecule has 134 valence electrons. The fraction of sp³-hybridized carbons (Fsp3) is 0.619. The van der Waals surface area contributed by atoms with Gasteiger partial charge in [0.05, 0.1) is 20.1 Å². The highest BCUT2D eigenvalue weighted by Gasteiger charge is 2.37. The molecule has 0 spiro atoms. The van der Waals surface area contributed by atoms with Gasteiger partial charge in [-0.15, -0.1) is 0 Å². The number of aliphatic hydroxyl groups is 1. The normalized spacial score (nSPS) is 18.0. The van der Waals surface area contributed by atoms with Crippen LogP contribution in [-0.4, -0.2) is 36.3 Å². The SMILES string of the molecule is CC[N+](C)(CC)CC#CC(O)(c1ccccc1)C1CCCCC1.[I-]. The Bertz CT molecular complexity index is 538. The van der Waals surface area contributed by atoms with Crippen molar-refractivity contribution in [3.63, 3.8) is 0 Å². The average molecular weight is 441 g/mol. The zero-order valence-electron chi connectivity index (χ0n) is 15.4. The summed E-state index contributed by atoms with van der Waals surface area (Å²) in [5, 5.41) is 11.5. The molecule has 2 nitrogen and oxygen atoms in total. The van der Waals surface area contributed by atoms with Crippen LogP contribution in [0.5, 0.6) is 0 Å². The van der Waals surface area contributed by atoms with Gasteiger partial charge in [0.25, 0.3) is 0 Å². The van der Waals surface area contributed by atoms with Crippen LogP contribution in [-0.2, 0) is 5.60 Å². The van der Waals surface area contributed by atoms with Crippen molar-refractivity contribution in [2.45, 2.75) is 51.6 Å². The molecule has 1 aliphatic carbocycles. The van der Waals surface area contributed by atoms with E-state index in [-0.39, 0.29) is 29.9 Å². The third-order valence-electron chi connectivity index (χ3n) is 5.68. The van der Waals surface area contributed by atoms with Crippen LogP contribution in [0.1, 0.15) is 51.5 Å². The Morgan fingerprint density at radius 1 is 1.08 bits per heavy atom. The van der Waals surface area contributed by atoms with E-state index in [1.54, 1.807) is 0 Å². The fourth-order valence-corrected chi connectivity index (χ4v) is 3.43. The molecule has 1 saturated carbocycles. The molecule has 2 rings (SSSR count). The second-order valence-corrected chi connectivity index (χ2v) is 7.18. The molecule has 0 aromatic heterocycles. The van der Waals surface area contributed by atoms with E-state index in [0.717, 1.165) is 42.5 Å². The van der Waals surface area contributed by atoms with Crippen LogP contribution in [0.2, 0.25) is 0 Å². The summed E-state index contributed by atoms with van der Waals surface area (Å²) in [6.45, 7) is 7.34. The largest absolute Gasteiger partial charge is 1.00 e. The highest BCUT2D eigenvalue weighted by atomic mass is 127. The van der Waals surface area contributed by atoms with Crippen molar-refractivity contribution in [1.29, 1.82) is 0 Å². The van der Waals surface area contributed by atoms with Crippen LogP contribution in [0, 0.1) is 17.8 Å². The van der Waals surface area contributed by atoms with Gasteiger partial charge in [0.1, 0.15) is 6.54 Å². The minimum absolute atomic E-state index is 0. The number of nitrogens with zero attached hydrogens (tertiary/aromatic N) is 1. The smallest absolute Gasteiger partial charge is 0.153 e. The lowest BCUT2D eigenvalue weighted by molar-refractivity contribution is -0.899. The second kappa shape index (κ2) is 9.79. The third-order valence-corrected chi connectivity index (χ3v) is 5.68. The highest BCUT2D eigenvalue weighted by Crippen LogP contribution is 2.39. The maximum atomic E-state index is 11.5. The Hall–Kier alpha value is -0.570. The van der Waals surface area contributed by atoms with Gasteiger partial charge in [0.15, 0.2) is 5.60 Å². The monoisotopic (exact) mass is 441 g/mol. The van der Waals surface area contributed by atoms with Crippen LogP contribution in [0.25, 0.3) is 0 Å². The summed E-state index contributed by atoms with van der Waals surface area (Å²) >= 11 is 0. The molecule has 0 radical (unpaired) electrons. The van der Waals surface area contributed by atoms with Crippen molar-refractivity contribution < 1.29 is 33.6 Å². The summed E-state index contributed by atoms with van der Waals surface area (Å²) in [5.41, 5.74) is -0.0323. The molecular weight excluding hydrogens is 409 g/mol. The van der Waals surface area contributed by atoms with E-state index in [4.69, 9.17) is 0 Å². The minimum atomic E-state index is -0.992. The molecule has 0 bridgehead atoms. The molecule has 1 fully saturated rings. The van der Waals surface area contributed by atoms with Crippen LogP contribution < -0.4 is 24.0 Å². The summed E-state index contributed by atoms with van der Waals surface area (Å²) in [6, 6.07) is 10.1. The molecule has 0 aliphatic heterocycles. The van der Waals surface area contributed by atoms with Gasteiger partial charge in [0.2, 0.25) is 0 Å². The van der Waals surface area contributed by atoms with Gasteiger partial charge in [-0.3, -0.25) is 0 Å². The lowest BCUT2D eigenvalue weighted by atomic mass is 9.73. The van der Waals surface area contributed by atoms with E-state index >= 15 is 0 Å². The molecule has 1 N–H and O–H groups in total. The van der Waals surface area contributed by atoms with Crippen LogP contribution >= 0.6 is 0 Å². The van der Waals surface area contributed by atoms with Crippen molar-refractivity contribution in [1.82, 2.24) is 0 Å². The molecule has 1 atom stereocenters. The Morgan fingerprint density at radius 3 is 2.21 bits per heavy atom. The molecule has 0 heterocycles. The number of halogens is 1. The Balaban J connectivity index is 0.00000288. The number of hydrogen-bond donors (Lipinski definition) is 1. The van der Waals surface area contributed by atoms with E-state index in [1.165, 1.54) is 19.3 Å². The first kappa shape index (κ1) is 21.5. The molecule has 1 aliphatic rings. The Labute approximate surface area is 165 Å². The summed E-state index contributed by atoms with van der Waals surface area (Å²) in [6.07, 6.45) is 5.86. The van der Waals surface area contributed by atoms with Gasteiger partial charge in [-0.05, 0) is 38.2 Å². The van der Waals surface area contributed by atoms with Gasteiger partial charge in [-0.2, -0.15) is 0 Å². The maximum absolute atomic E-state index is 11.5. The summed E-state index contributed by atoms with van der Waals surface area (Å²) in [5.74, 6) is 6.89. The molecular formula is C21H32INO. The lowest BCUT2D eigenvalue weighted by Gasteiger charge is -2.35. The van der Waals surface area contributed by atoms with Crippen LogP contribution in [0.3, 0.4) is 0 Å². The lowest BCUT2D eigenvalue weighted by Crippen LogP contribution is -3.00. The topological polar surface area (TPSA) is 20.2 Å². The maximum Gasteiger partial charge on any atom is 0.153 e. The predicted octanol–water partition coefficient (Wildman–Crippen LogP) is 0.948. The van der Waals surface area contributed by atoms with Gasteiger partial charge >= 0.3 is 0 Å². The Morgan fingerprint density at radius 2 is 1.67 bits per heavy atom. The number of benzene rings is 1. The summed E-state index contributed by atoms with van der Waals surface area (Å²) in [4.78, 5) is 0. The van der Waals surface area contributed by atoms with Gasteiger partial charge in [-0.1, -0.05) is 55.5 Å². The number of rotatable bonds is 5. The first-order chi connectivity index (χ1) is 11.0. The van der Waals surface area contributed by atoms with Crippen molar-refractivity contribution in [2.24, 2.45) is 5.92 Å². The van der Waals surface area contributed by atoms with Crippen LogP contribution in [0.4, 0.5) is 0 Å². The third kappa shape index (κ3) is 5.21. The number of hydrogen-bond acceptors (Lipinski definition) is 1. The van der Waals surface area contributed by atoms with Gasteiger partial charge < -0.3 is 33.6 Å². The molecule has 1 aromatic carbocycles. The molecule has 1 unspecified atom stereocenters. The molecule has 0 saturated heterocycles. The van der Waals surface area contributed by atoms with E-state index in [9.17, 15) is 5.11 Å². The van der Waals surface area contributed by atoms with E-state index in [2.05, 4.69) is 32.7 Å². The van der Waals surface area contributed by atoms with Crippen molar-refractivity contribution >= 4 is 0 Å². The first-order valence-corrected chi connectivity index (χ1v) is 9.15. The zero-order chi connectivity index (χ0) is 16.8. The zero-order valence-corrected chi connectivity index (χ0v) is 17.6. The molecule has 0 amide bonds. The van der Waals surface area contributed by atoms with E-state index < -0.39 is 5.60 Å². The average Bonchev–Trinajstić information content (AvgIpc) is 2.63. The fourth-order valence-electron chi connectivity index (χ4n) is 3.43. The van der Waals surface area contributed by atoms with Gasteiger partial charge in [-0.25, -0.2) is 0 Å². The quantitative estimate of drug-likeness (QED) is 0.410. The molecule has 1 aromatic rings. The second-order valence-electron chi connectivity index (χ2n) is 7.18. The Kier molecular flexibility index (Phi) is 8.76. The van der Waals surface area contributed by atoms with Crippen molar-refractivity contribution in [3.8, 4) is 11.8 Å².